The molecular weight excluding hydrogens is 213 g/mol. The summed E-state index contributed by atoms with van der Waals surface area (Å²) in [4.78, 5) is 24.4. The van der Waals surface area contributed by atoms with Crippen molar-refractivity contribution in [1.82, 2.24) is 4.90 Å². The number of hydrogen-bond donors (Lipinski definition) is 0. The third kappa shape index (κ3) is 0.942. The van der Waals surface area contributed by atoms with Crippen molar-refractivity contribution >= 4 is 11.9 Å². The van der Waals surface area contributed by atoms with E-state index in [0.29, 0.717) is 6.54 Å². The second-order valence-electron chi connectivity index (χ2n) is 5.84. The Bertz CT molecular complexity index is 403. The van der Waals surface area contributed by atoms with Crippen LogP contribution in [0.3, 0.4) is 0 Å². The van der Waals surface area contributed by atoms with Crippen LogP contribution in [0.2, 0.25) is 0 Å². The topological polar surface area (TPSA) is 46.6 Å². The van der Waals surface area contributed by atoms with Crippen LogP contribution in [0.15, 0.2) is 0 Å². The highest BCUT2D eigenvalue weighted by atomic mass is 19.1. The van der Waals surface area contributed by atoms with Gasteiger partial charge in [0.1, 0.15) is 5.60 Å². The van der Waals surface area contributed by atoms with E-state index in [1.807, 2.05) is 0 Å². The van der Waals surface area contributed by atoms with Gasteiger partial charge < -0.3 is 9.64 Å². The average molecular weight is 227 g/mol. The molecule has 5 heteroatoms. The number of carbonyl (C=O) groups is 2. The molecule has 3 unspecified atom stereocenters. The first-order chi connectivity index (χ1) is 7.27. The minimum absolute atomic E-state index is 0.243. The molecule has 3 fully saturated rings. The molecule has 4 atom stereocenters. The first-order valence-electron chi connectivity index (χ1n) is 5.49. The lowest BCUT2D eigenvalue weighted by molar-refractivity contribution is -0.141. The van der Waals surface area contributed by atoms with Gasteiger partial charge in [0.2, 0.25) is 0 Å². The van der Waals surface area contributed by atoms with E-state index in [0.717, 1.165) is 0 Å². The lowest BCUT2D eigenvalue weighted by Crippen LogP contribution is -2.53. The largest absolute Gasteiger partial charge is 0.444 e. The molecule has 0 spiro atoms. The number of halogens is 1. The Hall–Kier alpha value is -1.13. The lowest BCUT2D eigenvalue weighted by Gasteiger charge is -2.33. The van der Waals surface area contributed by atoms with Crippen molar-refractivity contribution in [2.24, 2.45) is 11.8 Å². The molecule has 88 valence electrons. The van der Waals surface area contributed by atoms with Crippen LogP contribution in [-0.2, 0) is 9.53 Å². The number of likely N-dealkylation sites (tertiary alicyclic amines) is 1. The summed E-state index contributed by atoms with van der Waals surface area (Å²) in [6.07, 6.45) is -0.503. The Balaban J connectivity index is 1.72. The SMILES string of the molecule is CC(C)(C)OC(=O)N1CC2C(=O)[C@]3(F)C2C13. The van der Waals surface area contributed by atoms with Crippen LogP contribution in [0.25, 0.3) is 0 Å². The highest BCUT2D eigenvalue weighted by Crippen LogP contribution is 2.69. The fraction of sp³-hybridized carbons (Fsp3) is 0.818. The standard InChI is InChI=1S/C11H14FNO3/c1-10(2,3)16-9(15)13-4-5-6-7(13)11(6,12)8(5)14/h5-7H,4H2,1-3H3/t5?,6?,7?,11-/m0/s1. The number of fused-ring (bicyclic) bond motifs is 1. The predicted molar refractivity (Wildman–Crippen MR) is 52.6 cm³/mol. The van der Waals surface area contributed by atoms with Crippen molar-refractivity contribution in [2.45, 2.75) is 38.1 Å². The Morgan fingerprint density at radius 3 is 2.62 bits per heavy atom. The predicted octanol–water partition coefficient (Wildman–Crippen LogP) is 1.14. The van der Waals surface area contributed by atoms with Crippen LogP contribution < -0.4 is 0 Å². The van der Waals surface area contributed by atoms with Crippen molar-refractivity contribution in [2.75, 3.05) is 6.54 Å². The molecule has 0 aromatic rings. The van der Waals surface area contributed by atoms with E-state index < -0.39 is 23.4 Å². The summed E-state index contributed by atoms with van der Waals surface area (Å²) < 4.78 is 19.0. The first kappa shape index (κ1) is 10.1. The Morgan fingerprint density at radius 1 is 1.56 bits per heavy atom. The van der Waals surface area contributed by atoms with Gasteiger partial charge in [-0.25, -0.2) is 9.18 Å². The van der Waals surface area contributed by atoms with E-state index >= 15 is 0 Å². The second-order valence-corrected chi connectivity index (χ2v) is 5.84. The van der Waals surface area contributed by atoms with Crippen molar-refractivity contribution in [3.63, 3.8) is 0 Å². The zero-order valence-electron chi connectivity index (χ0n) is 9.49. The van der Waals surface area contributed by atoms with Crippen molar-refractivity contribution in [1.29, 1.82) is 0 Å². The van der Waals surface area contributed by atoms with Gasteiger partial charge in [0.15, 0.2) is 11.5 Å². The van der Waals surface area contributed by atoms with Gasteiger partial charge in [0, 0.05) is 18.4 Å². The number of hydrogen-bond acceptors (Lipinski definition) is 3. The number of carbonyl (C=O) groups excluding carboxylic acids is 2. The highest BCUT2D eigenvalue weighted by Gasteiger charge is 2.90. The van der Waals surface area contributed by atoms with Gasteiger partial charge in [-0.05, 0) is 20.8 Å². The van der Waals surface area contributed by atoms with Gasteiger partial charge in [0.05, 0.1) is 6.04 Å². The summed E-state index contributed by atoms with van der Waals surface area (Å²) in [5, 5.41) is 0. The number of ether oxygens (including phenoxy) is 1. The number of nitrogens with zero attached hydrogens (tertiary/aromatic N) is 1. The van der Waals surface area contributed by atoms with Crippen molar-refractivity contribution < 1.29 is 18.7 Å². The van der Waals surface area contributed by atoms with E-state index in [-0.39, 0.29) is 17.6 Å². The zero-order chi connectivity index (χ0) is 11.9. The molecule has 4 nitrogen and oxygen atoms in total. The summed E-state index contributed by atoms with van der Waals surface area (Å²) in [6.45, 7) is 5.63. The third-order valence-corrected chi connectivity index (χ3v) is 3.65. The maximum atomic E-state index is 13.8. The molecule has 0 N–H and O–H groups in total. The number of ketones is 1. The maximum Gasteiger partial charge on any atom is 0.410 e. The molecule has 2 saturated carbocycles. The molecule has 0 aromatic carbocycles. The monoisotopic (exact) mass is 227 g/mol. The van der Waals surface area contributed by atoms with E-state index in [9.17, 15) is 14.0 Å². The van der Waals surface area contributed by atoms with Crippen molar-refractivity contribution in [3.05, 3.63) is 0 Å². The molecular formula is C11H14FNO3. The summed E-state index contributed by atoms with van der Waals surface area (Å²) in [5.74, 6) is -0.836. The number of piperidine rings is 2. The molecule has 0 aromatic heterocycles. The highest BCUT2D eigenvalue weighted by molar-refractivity contribution is 6.06. The number of rotatable bonds is 0. The molecule has 2 aliphatic carbocycles. The molecule has 1 amide bonds. The molecule has 1 saturated heterocycles. The quantitative estimate of drug-likeness (QED) is 0.623. The molecule has 3 rings (SSSR count). The van der Waals surface area contributed by atoms with Crippen LogP contribution in [0.5, 0.6) is 0 Å². The molecule has 1 aliphatic heterocycles. The van der Waals surface area contributed by atoms with Crippen molar-refractivity contribution in [3.8, 4) is 0 Å². The van der Waals surface area contributed by atoms with Gasteiger partial charge in [-0.15, -0.1) is 0 Å². The average Bonchev–Trinajstić information content (AvgIpc) is 2.53. The van der Waals surface area contributed by atoms with Gasteiger partial charge in [-0.1, -0.05) is 0 Å². The van der Waals surface area contributed by atoms with Crippen LogP contribution in [0, 0.1) is 11.8 Å². The summed E-state index contributed by atoms with van der Waals surface area (Å²) >= 11 is 0. The summed E-state index contributed by atoms with van der Waals surface area (Å²) in [6, 6.07) is -0.542. The molecule has 3 aliphatic rings. The van der Waals surface area contributed by atoms with Crippen LogP contribution in [0.1, 0.15) is 20.8 Å². The summed E-state index contributed by atoms with van der Waals surface area (Å²) in [5.41, 5.74) is -2.30. The number of alkyl halides is 1. The minimum atomic E-state index is -1.72. The van der Waals surface area contributed by atoms with Crippen LogP contribution in [0.4, 0.5) is 9.18 Å². The molecule has 0 bridgehead atoms. The van der Waals surface area contributed by atoms with Gasteiger partial charge >= 0.3 is 6.09 Å². The second kappa shape index (κ2) is 2.41. The fourth-order valence-electron chi connectivity index (χ4n) is 2.99. The van der Waals surface area contributed by atoms with Gasteiger partial charge in [-0.3, -0.25) is 4.79 Å². The minimum Gasteiger partial charge on any atom is -0.444 e. The van der Waals surface area contributed by atoms with Gasteiger partial charge in [0.25, 0.3) is 0 Å². The lowest BCUT2D eigenvalue weighted by atomic mass is 9.81. The normalized spacial score (nSPS) is 43.9. The Morgan fingerprint density at radius 2 is 2.19 bits per heavy atom. The molecule has 1 heterocycles. The van der Waals surface area contributed by atoms with Crippen LogP contribution >= 0.6 is 0 Å². The smallest absolute Gasteiger partial charge is 0.410 e. The van der Waals surface area contributed by atoms with E-state index in [1.54, 1.807) is 20.8 Å². The summed E-state index contributed by atoms with van der Waals surface area (Å²) in [7, 11) is 0. The van der Waals surface area contributed by atoms with E-state index in [4.69, 9.17) is 4.74 Å². The van der Waals surface area contributed by atoms with Crippen LogP contribution in [-0.4, -0.2) is 40.6 Å². The number of amides is 1. The fourth-order valence-corrected chi connectivity index (χ4v) is 2.99. The Kier molecular flexibility index (Phi) is 1.51. The van der Waals surface area contributed by atoms with Gasteiger partial charge in [-0.2, -0.15) is 0 Å². The third-order valence-electron chi connectivity index (χ3n) is 3.65. The van der Waals surface area contributed by atoms with E-state index in [2.05, 4.69) is 0 Å². The maximum absolute atomic E-state index is 13.8. The molecule has 16 heavy (non-hydrogen) atoms. The van der Waals surface area contributed by atoms with E-state index in [1.165, 1.54) is 4.90 Å². The first-order valence-corrected chi connectivity index (χ1v) is 5.49. The number of Topliss-reactive ketones (excluding diaryl/α,β-unsaturated/α-hetero) is 1. The Labute approximate surface area is 92.7 Å². The zero-order valence-corrected chi connectivity index (χ0v) is 9.49. The molecule has 0 radical (unpaired) electrons.